The molecule has 1 atom stereocenters. The SMILES string of the molecule is COCc1cc(NC(=O)C(C)Oc2ccccc2C(F)(F)F)cc(C(=O)O)c1. The number of carbonyl (C=O) groups excluding carboxylic acids is 1. The summed E-state index contributed by atoms with van der Waals surface area (Å²) < 4.78 is 49.3. The largest absolute Gasteiger partial charge is 0.480 e. The highest BCUT2D eigenvalue weighted by Gasteiger charge is 2.34. The van der Waals surface area contributed by atoms with Crippen LogP contribution in [0.2, 0.25) is 0 Å². The van der Waals surface area contributed by atoms with Crippen molar-refractivity contribution in [1.29, 1.82) is 0 Å². The number of halogens is 3. The maximum absolute atomic E-state index is 13.0. The third-order valence-corrected chi connectivity index (χ3v) is 3.68. The van der Waals surface area contributed by atoms with Crippen LogP contribution in [0.3, 0.4) is 0 Å². The number of alkyl halides is 3. The molecule has 0 aliphatic carbocycles. The van der Waals surface area contributed by atoms with Gasteiger partial charge in [-0.2, -0.15) is 13.2 Å². The second-order valence-electron chi connectivity index (χ2n) is 5.90. The van der Waals surface area contributed by atoms with Gasteiger partial charge < -0.3 is 19.9 Å². The Bertz CT molecular complexity index is 867. The molecule has 28 heavy (non-hydrogen) atoms. The molecule has 0 heterocycles. The summed E-state index contributed by atoms with van der Waals surface area (Å²) in [5.74, 6) is -2.41. The Hall–Kier alpha value is -3.07. The summed E-state index contributed by atoms with van der Waals surface area (Å²) in [5.41, 5.74) is -0.393. The minimum Gasteiger partial charge on any atom is -0.480 e. The Morgan fingerprint density at radius 1 is 1.18 bits per heavy atom. The van der Waals surface area contributed by atoms with Gasteiger partial charge in [0.2, 0.25) is 0 Å². The quantitative estimate of drug-likeness (QED) is 0.739. The minimum absolute atomic E-state index is 0.0687. The number of rotatable bonds is 7. The number of amides is 1. The Morgan fingerprint density at radius 2 is 1.86 bits per heavy atom. The lowest BCUT2D eigenvalue weighted by molar-refractivity contribution is -0.140. The monoisotopic (exact) mass is 397 g/mol. The van der Waals surface area contributed by atoms with Crippen LogP contribution in [-0.2, 0) is 22.3 Å². The predicted octanol–water partition coefficient (Wildman–Crippen LogP) is 3.96. The van der Waals surface area contributed by atoms with E-state index < -0.39 is 35.5 Å². The summed E-state index contributed by atoms with van der Waals surface area (Å²) in [6.07, 6.45) is -5.89. The van der Waals surface area contributed by atoms with E-state index in [-0.39, 0.29) is 17.9 Å². The minimum atomic E-state index is -4.63. The van der Waals surface area contributed by atoms with Gasteiger partial charge in [-0.1, -0.05) is 12.1 Å². The number of hydrogen-bond acceptors (Lipinski definition) is 4. The van der Waals surface area contributed by atoms with Crippen LogP contribution in [0.4, 0.5) is 18.9 Å². The highest BCUT2D eigenvalue weighted by molar-refractivity contribution is 5.96. The molecule has 2 N–H and O–H groups in total. The predicted molar refractivity (Wildman–Crippen MR) is 94.3 cm³/mol. The molecule has 0 aliphatic rings. The highest BCUT2D eigenvalue weighted by Crippen LogP contribution is 2.36. The van der Waals surface area contributed by atoms with Gasteiger partial charge in [0.25, 0.3) is 5.91 Å². The number of anilines is 1. The van der Waals surface area contributed by atoms with Gasteiger partial charge in [0.1, 0.15) is 5.75 Å². The number of aromatic carboxylic acids is 1. The number of nitrogens with one attached hydrogen (secondary N) is 1. The first-order chi connectivity index (χ1) is 13.1. The molecule has 0 saturated heterocycles. The van der Waals surface area contributed by atoms with Gasteiger partial charge in [0, 0.05) is 12.8 Å². The standard InChI is InChI=1S/C19H18F3NO5/c1-11(28-16-6-4-3-5-15(16)19(20,21)22)17(24)23-14-8-12(10-27-2)7-13(9-14)18(25)26/h3-9,11H,10H2,1-2H3,(H,23,24)(H,25,26). The zero-order chi connectivity index (χ0) is 20.9. The third kappa shape index (κ3) is 5.46. The lowest BCUT2D eigenvalue weighted by Gasteiger charge is -2.18. The van der Waals surface area contributed by atoms with Gasteiger partial charge in [0.15, 0.2) is 6.10 Å². The molecule has 1 unspecified atom stereocenters. The number of hydrogen-bond donors (Lipinski definition) is 2. The fourth-order valence-corrected chi connectivity index (χ4v) is 2.43. The van der Waals surface area contributed by atoms with E-state index in [2.05, 4.69) is 5.32 Å². The van der Waals surface area contributed by atoms with Crippen LogP contribution in [-0.4, -0.2) is 30.2 Å². The molecule has 2 rings (SSSR count). The first kappa shape index (κ1) is 21.2. The zero-order valence-corrected chi connectivity index (χ0v) is 15.0. The summed E-state index contributed by atoms with van der Waals surface area (Å²) in [6.45, 7) is 1.41. The second kappa shape index (κ2) is 8.75. The zero-order valence-electron chi connectivity index (χ0n) is 15.0. The normalized spacial score (nSPS) is 12.3. The molecule has 0 aliphatic heterocycles. The van der Waals surface area contributed by atoms with Crippen LogP contribution < -0.4 is 10.1 Å². The lowest BCUT2D eigenvalue weighted by atomic mass is 10.1. The number of carboxylic acid groups (broad SMARTS) is 1. The molecule has 2 aromatic carbocycles. The Kier molecular flexibility index (Phi) is 6.63. The maximum Gasteiger partial charge on any atom is 0.419 e. The lowest BCUT2D eigenvalue weighted by Crippen LogP contribution is -2.31. The molecule has 0 aromatic heterocycles. The molecule has 6 nitrogen and oxygen atoms in total. The molecule has 1 amide bonds. The van der Waals surface area contributed by atoms with E-state index in [1.54, 1.807) is 0 Å². The summed E-state index contributed by atoms with van der Waals surface area (Å²) in [5, 5.41) is 11.6. The summed E-state index contributed by atoms with van der Waals surface area (Å²) in [7, 11) is 1.43. The maximum atomic E-state index is 13.0. The number of carboxylic acids is 1. The number of methoxy groups -OCH3 is 1. The first-order valence-electron chi connectivity index (χ1n) is 8.11. The Morgan fingerprint density at radius 3 is 2.46 bits per heavy atom. The van der Waals surface area contributed by atoms with Crippen LogP contribution in [0.1, 0.15) is 28.4 Å². The van der Waals surface area contributed by atoms with Crippen molar-refractivity contribution in [1.82, 2.24) is 0 Å². The van der Waals surface area contributed by atoms with Crippen molar-refractivity contribution in [2.24, 2.45) is 0 Å². The van der Waals surface area contributed by atoms with Crippen molar-refractivity contribution in [3.05, 3.63) is 59.2 Å². The molecular weight excluding hydrogens is 379 g/mol. The van der Waals surface area contributed by atoms with E-state index in [0.29, 0.717) is 5.56 Å². The molecule has 0 bridgehead atoms. The smallest absolute Gasteiger partial charge is 0.419 e. The van der Waals surface area contributed by atoms with Crippen LogP contribution >= 0.6 is 0 Å². The number of benzene rings is 2. The number of para-hydroxylation sites is 1. The molecule has 0 radical (unpaired) electrons. The summed E-state index contributed by atoms with van der Waals surface area (Å²) in [6, 6.07) is 8.68. The van der Waals surface area contributed by atoms with Crippen LogP contribution in [0.15, 0.2) is 42.5 Å². The van der Waals surface area contributed by atoms with Crippen LogP contribution in [0.25, 0.3) is 0 Å². The van der Waals surface area contributed by atoms with Crippen molar-refractivity contribution in [3.63, 3.8) is 0 Å². The Labute approximate surface area is 158 Å². The van der Waals surface area contributed by atoms with E-state index in [0.717, 1.165) is 12.1 Å². The fourth-order valence-electron chi connectivity index (χ4n) is 2.43. The van der Waals surface area contributed by atoms with Gasteiger partial charge in [-0.05, 0) is 42.8 Å². The second-order valence-corrected chi connectivity index (χ2v) is 5.90. The Balaban J connectivity index is 2.18. The van der Waals surface area contributed by atoms with Gasteiger partial charge in [-0.3, -0.25) is 4.79 Å². The number of carbonyl (C=O) groups is 2. The van der Waals surface area contributed by atoms with Crippen molar-refractivity contribution in [3.8, 4) is 5.75 Å². The summed E-state index contributed by atoms with van der Waals surface area (Å²) in [4.78, 5) is 23.5. The molecule has 9 heteroatoms. The van der Waals surface area contributed by atoms with Crippen molar-refractivity contribution >= 4 is 17.6 Å². The third-order valence-electron chi connectivity index (χ3n) is 3.68. The summed E-state index contributed by atoms with van der Waals surface area (Å²) >= 11 is 0. The average Bonchev–Trinajstić information content (AvgIpc) is 2.61. The van der Waals surface area contributed by atoms with Crippen molar-refractivity contribution < 1.29 is 37.3 Å². The fraction of sp³-hybridized carbons (Fsp3) is 0.263. The van der Waals surface area contributed by atoms with Crippen molar-refractivity contribution in [2.45, 2.75) is 25.8 Å². The van der Waals surface area contributed by atoms with Gasteiger partial charge in [-0.15, -0.1) is 0 Å². The number of ether oxygens (including phenoxy) is 2. The first-order valence-corrected chi connectivity index (χ1v) is 8.11. The van der Waals surface area contributed by atoms with E-state index in [9.17, 15) is 22.8 Å². The van der Waals surface area contributed by atoms with Gasteiger partial charge in [-0.25, -0.2) is 4.79 Å². The molecule has 2 aromatic rings. The highest BCUT2D eigenvalue weighted by atomic mass is 19.4. The average molecular weight is 397 g/mol. The van der Waals surface area contributed by atoms with E-state index in [4.69, 9.17) is 14.6 Å². The van der Waals surface area contributed by atoms with Gasteiger partial charge >= 0.3 is 12.1 Å². The molecule has 0 fully saturated rings. The molecule has 0 spiro atoms. The topological polar surface area (TPSA) is 84.9 Å². The molecular formula is C19H18F3NO5. The van der Waals surface area contributed by atoms with Crippen LogP contribution in [0.5, 0.6) is 5.75 Å². The van der Waals surface area contributed by atoms with Crippen LogP contribution in [0, 0.1) is 0 Å². The molecule has 0 saturated carbocycles. The van der Waals surface area contributed by atoms with E-state index >= 15 is 0 Å². The van der Waals surface area contributed by atoms with Crippen molar-refractivity contribution in [2.75, 3.05) is 12.4 Å². The van der Waals surface area contributed by atoms with Gasteiger partial charge in [0.05, 0.1) is 17.7 Å². The van der Waals surface area contributed by atoms with E-state index in [1.165, 1.54) is 44.4 Å². The van der Waals surface area contributed by atoms with E-state index in [1.807, 2.05) is 0 Å². The molecule has 150 valence electrons.